The van der Waals surface area contributed by atoms with Crippen LogP contribution >= 0.6 is 0 Å². The number of Topliss-reactive ketones (excluding diaryl/α,β-unsaturated/α-hetero) is 1. The number of likely N-dealkylation sites (tertiary alicyclic amines) is 1. The molecule has 112 valence electrons. The maximum atomic E-state index is 12.4. The van der Waals surface area contributed by atoms with Crippen molar-refractivity contribution in [2.24, 2.45) is 0 Å². The number of aliphatic hydroxyl groups is 1. The van der Waals surface area contributed by atoms with Gasteiger partial charge in [-0.2, -0.15) is 0 Å². The Balaban J connectivity index is 2.42. The van der Waals surface area contributed by atoms with Crippen LogP contribution in [0.5, 0.6) is 5.75 Å². The number of ether oxygens (including phenoxy) is 1. The Labute approximate surface area is 123 Å². The Morgan fingerprint density at radius 1 is 1.19 bits per heavy atom. The van der Waals surface area contributed by atoms with Crippen LogP contribution in [0, 0.1) is 0 Å². The molecule has 0 bridgehead atoms. The van der Waals surface area contributed by atoms with Crippen LogP contribution < -0.4 is 4.74 Å². The third-order valence-corrected chi connectivity index (χ3v) is 3.45. The lowest BCUT2D eigenvalue weighted by molar-refractivity contribution is -0.129. The Kier molecular flexibility index (Phi) is 3.77. The zero-order valence-corrected chi connectivity index (χ0v) is 12.6. The van der Waals surface area contributed by atoms with Crippen LogP contribution in [0.15, 0.2) is 29.8 Å². The van der Waals surface area contributed by atoms with Gasteiger partial charge in [0.1, 0.15) is 17.1 Å². The van der Waals surface area contributed by atoms with Crippen molar-refractivity contribution in [2.45, 2.75) is 26.3 Å². The van der Waals surface area contributed by atoms with Gasteiger partial charge in [0.25, 0.3) is 5.91 Å². The van der Waals surface area contributed by atoms with Gasteiger partial charge in [-0.1, -0.05) is 0 Å². The molecule has 0 aromatic heterocycles. The molecule has 0 atom stereocenters. The van der Waals surface area contributed by atoms with Crippen molar-refractivity contribution in [2.75, 3.05) is 13.7 Å². The van der Waals surface area contributed by atoms with Crippen molar-refractivity contribution in [1.82, 2.24) is 4.90 Å². The fraction of sp³-hybridized carbons (Fsp3) is 0.375. The number of methoxy groups -OCH3 is 1. The quantitative estimate of drug-likeness (QED) is 0.515. The van der Waals surface area contributed by atoms with Gasteiger partial charge < -0.3 is 14.7 Å². The first-order chi connectivity index (χ1) is 9.75. The second-order valence-electron chi connectivity index (χ2n) is 5.94. The Morgan fingerprint density at radius 2 is 1.76 bits per heavy atom. The Hall–Kier alpha value is -2.30. The van der Waals surface area contributed by atoms with E-state index in [0.717, 1.165) is 0 Å². The monoisotopic (exact) mass is 289 g/mol. The number of amides is 1. The summed E-state index contributed by atoms with van der Waals surface area (Å²) in [4.78, 5) is 25.9. The van der Waals surface area contributed by atoms with Crippen molar-refractivity contribution in [3.8, 4) is 5.75 Å². The number of nitrogens with zero attached hydrogens (tertiary/aromatic N) is 1. The molecule has 1 saturated heterocycles. The SMILES string of the molecule is COc1ccc(/C(O)=C2/C(=O)CN(C(C)(C)C)C2=O)cc1. The molecule has 0 saturated carbocycles. The summed E-state index contributed by atoms with van der Waals surface area (Å²) in [6, 6.07) is 6.55. The van der Waals surface area contributed by atoms with Gasteiger partial charge in [-0.15, -0.1) is 0 Å². The normalized spacial score (nSPS) is 18.2. The first-order valence-electron chi connectivity index (χ1n) is 6.68. The minimum Gasteiger partial charge on any atom is -0.506 e. The lowest BCUT2D eigenvalue weighted by Crippen LogP contribution is -2.42. The summed E-state index contributed by atoms with van der Waals surface area (Å²) < 4.78 is 5.04. The summed E-state index contributed by atoms with van der Waals surface area (Å²) in [5, 5.41) is 10.3. The summed E-state index contributed by atoms with van der Waals surface area (Å²) in [7, 11) is 1.54. The third-order valence-electron chi connectivity index (χ3n) is 3.45. The van der Waals surface area contributed by atoms with Crippen LogP contribution in [0.1, 0.15) is 26.3 Å². The van der Waals surface area contributed by atoms with E-state index in [0.29, 0.717) is 11.3 Å². The molecule has 0 spiro atoms. The van der Waals surface area contributed by atoms with Gasteiger partial charge in [0.05, 0.1) is 13.7 Å². The molecule has 1 amide bonds. The van der Waals surface area contributed by atoms with Crippen molar-refractivity contribution >= 4 is 17.4 Å². The summed E-state index contributed by atoms with van der Waals surface area (Å²) in [6.07, 6.45) is 0. The zero-order chi connectivity index (χ0) is 15.8. The molecular weight excluding hydrogens is 270 g/mol. The molecule has 1 aromatic carbocycles. The molecule has 5 heteroatoms. The van der Waals surface area contributed by atoms with Gasteiger partial charge in [0, 0.05) is 11.1 Å². The molecule has 1 N–H and O–H groups in total. The summed E-state index contributed by atoms with van der Waals surface area (Å²) >= 11 is 0. The molecule has 0 radical (unpaired) electrons. The number of aliphatic hydroxyl groups excluding tert-OH is 1. The fourth-order valence-corrected chi connectivity index (χ4v) is 2.22. The van der Waals surface area contributed by atoms with Gasteiger partial charge in [-0.25, -0.2) is 0 Å². The second-order valence-corrected chi connectivity index (χ2v) is 5.94. The molecule has 1 heterocycles. The number of hydrogen-bond acceptors (Lipinski definition) is 4. The van der Waals surface area contributed by atoms with E-state index < -0.39 is 11.4 Å². The second kappa shape index (κ2) is 5.24. The first-order valence-corrected chi connectivity index (χ1v) is 6.68. The van der Waals surface area contributed by atoms with Crippen LogP contribution in [-0.2, 0) is 9.59 Å². The van der Waals surface area contributed by atoms with E-state index in [1.165, 1.54) is 4.90 Å². The van der Waals surface area contributed by atoms with Crippen LogP contribution in [0.2, 0.25) is 0 Å². The van der Waals surface area contributed by atoms with E-state index in [2.05, 4.69) is 0 Å². The summed E-state index contributed by atoms with van der Waals surface area (Å²) in [5.41, 5.74) is -0.187. The lowest BCUT2D eigenvalue weighted by Gasteiger charge is -2.30. The van der Waals surface area contributed by atoms with E-state index in [4.69, 9.17) is 4.74 Å². The molecule has 1 aromatic rings. The van der Waals surface area contributed by atoms with Crippen LogP contribution in [0.3, 0.4) is 0 Å². The van der Waals surface area contributed by atoms with Gasteiger partial charge in [0.15, 0.2) is 5.78 Å². The van der Waals surface area contributed by atoms with Crippen LogP contribution in [-0.4, -0.2) is 40.9 Å². The van der Waals surface area contributed by atoms with E-state index in [-0.39, 0.29) is 23.7 Å². The third kappa shape index (κ3) is 2.77. The molecule has 0 unspecified atom stereocenters. The van der Waals surface area contributed by atoms with E-state index >= 15 is 0 Å². The highest BCUT2D eigenvalue weighted by atomic mass is 16.5. The molecule has 1 aliphatic rings. The van der Waals surface area contributed by atoms with Gasteiger partial charge in [-0.3, -0.25) is 9.59 Å². The van der Waals surface area contributed by atoms with Gasteiger partial charge in [0.2, 0.25) is 0 Å². The summed E-state index contributed by atoms with van der Waals surface area (Å²) in [6.45, 7) is 5.56. The molecule has 1 aliphatic heterocycles. The smallest absolute Gasteiger partial charge is 0.262 e. The average molecular weight is 289 g/mol. The number of carbonyl (C=O) groups excluding carboxylic acids is 2. The molecular formula is C16H19NO4. The standard InChI is InChI=1S/C16H19NO4/c1-16(2,3)17-9-12(18)13(15(17)20)14(19)10-5-7-11(21-4)8-6-10/h5-8,19H,9H2,1-4H3/b14-13+. The Morgan fingerprint density at radius 3 is 2.19 bits per heavy atom. The molecule has 2 rings (SSSR count). The predicted octanol–water partition coefficient (Wildman–Crippen LogP) is 2.17. The topological polar surface area (TPSA) is 66.8 Å². The zero-order valence-electron chi connectivity index (χ0n) is 12.6. The van der Waals surface area contributed by atoms with Crippen LogP contribution in [0.4, 0.5) is 0 Å². The first kappa shape index (κ1) is 15.1. The largest absolute Gasteiger partial charge is 0.506 e. The molecule has 5 nitrogen and oxygen atoms in total. The molecule has 21 heavy (non-hydrogen) atoms. The van der Waals surface area contributed by atoms with Crippen molar-refractivity contribution in [3.05, 3.63) is 35.4 Å². The molecule has 0 aliphatic carbocycles. The number of rotatable bonds is 2. The van der Waals surface area contributed by atoms with Crippen molar-refractivity contribution in [3.63, 3.8) is 0 Å². The number of carbonyl (C=O) groups is 2. The number of hydrogen-bond donors (Lipinski definition) is 1. The fourth-order valence-electron chi connectivity index (χ4n) is 2.22. The van der Waals surface area contributed by atoms with Gasteiger partial charge in [-0.05, 0) is 45.0 Å². The highest BCUT2D eigenvalue weighted by Crippen LogP contribution is 2.28. The minimum atomic E-state index is -0.464. The average Bonchev–Trinajstić information content (AvgIpc) is 2.73. The van der Waals surface area contributed by atoms with Gasteiger partial charge >= 0.3 is 0 Å². The predicted molar refractivity (Wildman–Crippen MR) is 79.0 cm³/mol. The maximum Gasteiger partial charge on any atom is 0.262 e. The molecule has 1 fully saturated rings. The highest BCUT2D eigenvalue weighted by Gasteiger charge is 2.41. The lowest BCUT2D eigenvalue weighted by atomic mass is 10.1. The van der Waals surface area contributed by atoms with Crippen LogP contribution in [0.25, 0.3) is 5.76 Å². The summed E-state index contributed by atoms with van der Waals surface area (Å²) in [5.74, 6) is -0.430. The minimum absolute atomic E-state index is 0.00210. The van der Waals surface area contributed by atoms with E-state index in [1.807, 2.05) is 20.8 Å². The Bertz CT molecular complexity index is 608. The number of ketones is 1. The van der Waals surface area contributed by atoms with E-state index in [9.17, 15) is 14.7 Å². The highest BCUT2D eigenvalue weighted by molar-refractivity contribution is 6.28. The maximum absolute atomic E-state index is 12.4. The number of benzene rings is 1. The van der Waals surface area contributed by atoms with E-state index in [1.54, 1.807) is 31.4 Å². The van der Waals surface area contributed by atoms with Crippen molar-refractivity contribution in [1.29, 1.82) is 0 Å². The van der Waals surface area contributed by atoms with Crippen molar-refractivity contribution < 1.29 is 19.4 Å².